The number of allylic oxidation sites excluding steroid dienone is 1. The van der Waals surface area contributed by atoms with Crippen LogP contribution in [0.5, 0.6) is 0 Å². The predicted molar refractivity (Wildman–Crippen MR) is 70.4 cm³/mol. The standard InChI is InChI=1S/C15H28O/c1-3-4-5-6-10-15(16)12-11-14-9-7-8-13(14)2/h11-16H,3-10H2,1-2H3/b12-11+/t13-,14?,15-/m0/s1. The molecule has 1 aliphatic carbocycles. The Balaban J connectivity index is 2.12. The molecule has 94 valence electrons. The highest BCUT2D eigenvalue weighted by Gasteiger charge is 2.20. The van der Waals surface area contributed by atoms with E-state index in [1.165, 1.54) is 44.9 Å². The Morgan fingerprint density at radius 3 is 2.69 bits per heavy atom. The second kappa shape index (κ2) is 7.89. The van der Waals surface area contributed by atoms with E-state index in [-0.39, 0.29) is 6.10 Å². The predicted octanol–water partition coefficient (Wildman–Crippen LogP) is 4.31. The molecule has 0 aliphatic heterocycles. The number of rotatable bonds is 7. The van der Waals surface area contributed by atoms with Gasteiger partial charge in [0.15, 0.2) is 0 Å². The van der Waals surface area contributed by atoms with Crippen LogP contribution < -0.4 is 0 Å². The van der Waals surface area contributed by atoms with Gasteiger partial charge in [-0.05, 0) is 24.7 Å². The third-order valence-corrected chi connectivity index (χ3v) is 3.86. The monoisotopic (exact) mass is 224 g/mol. The van der Waals surface area contributed by atoms with E-state index in [1.807, 2.05) is 6.08 Å². The first-order chi connectivity index (χ1) is 7.74. The molecule has 0 heterocycles. The number of hydrogen-bond acceptors (Lipinski definition) is 1. The average Bonchev–Trinajstić information content (AvgIpc) is 2.67. The van der Waals surface area contributed by atoms with Crippen molar-refractivity contribution in [3.05, 3.63) is 12.2 Å². The topological polar surface area (TPSA) is 20.2 Å². The van der Waals surface area contributed by atoms with Gasteiger partial charge in [-0.25, -0.2) is 0 Å². The summed E-state index contributed by atoms with van der Waals surface area (Å²) in [6.07, 6.45) is 14.1. The van der Waals surface area contributed by atoms with Crippen molar-refractivity contribution in [2.45, 2.75) is 71.3 Å². The molecule has 0 aromatic carbocycles. The molecule has 1 nitrogen and oxygen atoms in total. The van der Waals surface area contributed by atoms with Crippen LogP contribution in [0.15, 0.2) is 12.2 Å². The maximum atomic E-state index is 9.81. The lowest BCUT2D eigenvalue weighted by Gasteiger charge is -2.11. The van der Waals surface area contributed by atoms with Crippen LogP contribution in [0.25, 0.3) is 0 Å². The van der Waals surface area contributed by atoms with E-state index in [0.29, 0.717) is 0 Å². The van der Waals surface area contributed by atoms with Crippen LogP contribution in [0, 0.1) is 11.8 Å². The van der Waals surface area contributed by atoms with Crippen LogP contribution in [0.4, 0.5) is 0 Å². The van der Waals surface area contributed by atoms with Gasteiger partial charge in [-0.1, -0.05) is 64.5 Å². The minimum absolute atomic E-state index is 0.204. The van der Waals surface area contributed by atoms with Crippen molar-refractivity contribution in [3.8, 4) is 0 Å². The van der Waals surface area contributed by atoms with Crippen LogP contribution in [0.2, 0.25) is 0 Å². The van der Waals surface area contributed by atoms with Crippen LogP contribution in [0.3, 0.4) is 0 Å². The second-order valence-corrected chi connectivity index (χ2v) is 5.37. The molecule has 0 saturated heterocycles. The molecule has 1 heteroatoms. The maximum Gasteiger partial charge on any atom is 0.0721 e. The SMILES string of the molecule is CCCCCC[C@H](O)/C=C/C1CCC[C@@H]1C. The summed E-state index contributed by atoms with van der Waals surface area (Å²) in [6.45, 7) is 4.55. The number of unbranched alkanes of at least 4 members (excludes halogenated alkanes) is 3. The molecular weight excluding hydrogens is 196 g/mol. The van der Waals surface area contributed by atoms with E-state index in [0.717, 1.165) is 18.3 Å². The molecule has 0 aromatic rings. The third kappa shape index (κ3) is 5.16. The molecule has 3 atom stereocenters. The quantitative estimate of drug-likeness (QED) is 0.504. The summed E-state index contributed by atoms with van der Waals surface area (Å²) in [6, 6.07) is 0. The zero-order chi connectivity index (χ0) is 11.8. The Kier molecular flexibility index (Phi) is 6.79. The molecule has 0 spiro atoms. The first-order valence-electron chi connectivity index (χ1n) is 7.10. The lowest BCUT2D eigenvalue weighted by Crippen LogP contribution is -2.05. The van der Waals surface area contributed by atoms with Crippen molar-refractivity contribution in [1.82, 2.24) is 0 Å². The molecule has 0 radical (unpaired) electrons. The Labute approximate surface area is 101 Å². The third-order valence-electron chi connectivity index (χ3n) is 3.86. The van der Waals surface area contributed by atoms with E-state index < -0.39 is 0 Å². The fourth-order valence-corrected chi connectivity index (χ4v) is 2.61. The largest absolute Gasteiger partial charge is 0.389 e. The van der Waals surface area contributed by atoms with Crippen molar-refractivity contribution < 1.29 is 5.11 Å². The first-order valence-corrected chi connectivity index (χ1v) is 7.10. The summed E-state index contributed by atoms with van der Waals surface area (Å²) in [7, 11) is 0. The molecule has 0 bridgehead atoms. The van der Waals surface area contributed by atoms with Gasteiger partial charge in [-0.2, -0.15) is 0 Å². The summed E-state index contributed by atoms with van der Waals surface area (Å²) < 4.78 is 0. The Bertz CT molecular complexity index is 198. The lowest BCUT2D eigenvalue weighted by molar-refractivity contribution is 0.207. The van der Waals surface area contributed by atoms with Crippen LogP contribution in [0.1, 0.15) is 65.2 Å². The molecule has 0 aromatic heterocycles. The van der Waals surface area contributed by atoms with E-state index in [1.54, 1.807) is 0 Å². The highest BCUT2D eigenvalue weighted by molar-refractivity contribution is 4.96. The number of aliphatic hydroxyl groups excluding tert-OH is 1. The minimum atomic E-state index is -0.204. The van der Waals surface area contributed by atoms with E-state index in [4.69, 9.17) is 0 Å². The van der Waals surface area contributed by atoms with Gasteiger partial charge in [0.2, 0.25) is 0 Å². The lowest BCUT2D eigenvalue weighted by atomic mass is 9.97. The van der Waals surface area contributed by atoms with Gasteiger partial charge in [0.25, 0.3) is 0 Å². The molecule has 16 heavy (non-hydrogen) atoms. The Hall–Kier alpha value is -0.300. The van der Waals surface area contributed by atoms with Crippen LogP contribution in [-0.2, 0) is 0 Å². The smallest absolute Gasteiger partial charge is 0.0721 e. The van der Waals surface area contributed by atoms with Gasteiger partial charge in [0, 0.05) is 0 Å². The number of aliphatic hydroxyl groups is 1. The average molecular weight is 224 g/mol. The van der Waals surface area contributed by atoms with Crippen molar-refractivity contribution in [3.63, 3.8) is 0 Å². The normalized spacial score (nSPS) is 27.7. The first kappa shape index (κ1) is 13.8. The van der Waals surface area contributed by atoms with Gasteiger partial charge >= 0.3 is 0 Å². The molecule has 1 N–H and O–H groups in total. The van der Waals surface area contributed by atoms with Gasteiger partial charge in [0.05, 0.1) is 6.10 Å². The van der Waals surface area contributed by atoms with Crippen molar-refractivity contribution in [1.29, 1.82) is 0 Å². The molecule has 1 unspecified atom stereocenters. The molecule has 1 saturated carbocycles. The van der Waals surface area contributed by atoms with Gasteiger partial charge in [-0.15, -0.1) is 0 Å². The summed E-state index contributed by atoms with van der Waals surface area (Å²) in [4.78, 5) is 0. The van der Waals surface area contributed by atoms with Crippen LogP contribution in [-0.4, -0.2) is 11.2 Å². The molecule has 1 aliphatic rings. The Morgan fingerprint density at radius 1 is 1.25 bits per heavy atom. The molecular formula is C15H28O. The minimum Gasteiger partial charge on any atom is -0.389 e. The zero-order valence-electron chi connectivity index (χ0n) is 11.0. The molecule has 1 fully saturated rings. The van der Waals surface area contributed by atoms with Gasteiger partial charge in [-0.3, -0.25) is 0 Å². The van der Waals surface area contributed by atoms with Gasteiger partial charge in [0.1, 0.15) is 0 Å². The molecule has 1 rings (SSSR count). The second-order valence-electron chi connectivity index (χ2n) is 5.37. The van der Waals surface area contributed by atoms with E-state index in [2.05, 4.69) is 19.9 Å². The summed E-state index contributed by atoms with van der Waals surface area (Å²) in [5.41, 5.74) is 0. The van der Waals surface area contributed by atoms with Gasteiger partial charge < -0.3 is 5.11 Å². The highest BCUT2D eigenvalue weighted by atomic mass is 16.3. The number of hydrogen-bond donors (Lipinski definition) is 1. The van der Waals surface area contributed by atoms with Crippen LogP contribution >= 0.6 is 0 Å². The summed E-state index contributed by atoms with van der Waals surface area (Å²) >= 11 is 0. The zero-order valence-corrected chi connectivity index (χ0v) is 11.0. The van der Waals surface area contributed by atoms with Crippen molar-refractivity contribution >= 4 is 0 Å². The van der Waals surface area contributed by atoms with Crippen molar-refractivity contribution in [2.24, 2.45) is 11.8 Å². The maximum absolute atomic E-state index is 9.81. The van der Waals surface area contributed by atoms with E-state index >= 15 is 0 Å². The summed E-state index contributed by atoms with van der Waals surface area (Å²) in [5, 5.41) is 9.81. The molecule has 0 amide bonds. The highest BCUT2D eigenvalue weighted by Crippen LogP contribution is 2.32. The summed E-state index contributed by atoms with van der Waals surface area (Å²) in [5.74, 6) is 1.55. The fraction of sp³-hybridized carbons (Fsp3) is 0.867. The van der Waals surface area contributed by atoms with Crippen molar-refractivity contribution in [2.75, 3.05) is 0 Å². The Morgan fingerprint density at radius 2 is 2.06 bits per heavy atom. The van der Waals surface area contributed by atoms with E-state index in [9.17, 15) is 5.11 Å². The fourth-order valence-electron chi connectivity index (χ4n) is 2.61.